The van der Waals surface area contributed by atoms with E-state index in [-0.39, 0.29) is 12.1 Å². The van der Waals surface area contributed by atoms with Crippen LogP contribution < -0.4 is 9.47 Å². The molecule has 1 aliphatic rings. The van der Waals surface area contributed by atoms with Gasteiger partial charge < -0.3 is 18.7 Å². The van der Waals surface area contributed by atoms with Crippen molar-refractivity contribution >= 4 is 11.7 Å². The van der Waals surface area contributed by atoms with Crippen molar-refractivity contribution in [3.05, 3.63) is 53.4 Å². The highest BCUT2D eigenvalue weighted by atomic mass is 16.5. The van der Waals surface area contributed by atoms with Crippen LogP contribution in [0, 0.1) is 6.57 Å². The Labute approximate surface area is 210 Å². The van der Waals surface area contributed by atoms with E-state index in [0.29, 0.717) is 48.4 Å². The molecule has 0 N–H and O–H groups in total. The first kappa shape index (κ1) is 25.2. The summed E-state index contributed by atoms with van der Waals surface area (Å²) in [5.74, 6) is 1.94. The number of nitrogens with zero attached hydrogens (tertiary/aromatic N) is 4. The van der Waals surface area contributed by atoms with E-state index < -0.39 is 0 Å². The molecule has 0 atom stereocenters. The summed E-state index contributed by atoms with van der Waals surface area (Å²) in [5, 5.41) is 4.14. The van der Waals surface area contributed by atoms with Gasteiger partial charge in [-0.15, -0.1) is 0 Å². The molecule has 0 aliphatic carbocycles. The van der Waals surface area contributed by atoms with Gasteiger partial charge in [0.1, 0.15) is 18.1 Å². The first-order valence-electron chi connectivity index (χ1n) is 12.1. The van der Waals surface area contributed by atoms with Crippen LogP contribution in [-0.2, 0) is 16.1 Å². The number of carbonyl (C=O) groups is 1. The smallest absolute Gasteiger partial charge is 0.305 e. The summed E-state index contributed by atoms with van der Waals surface area (Å²) >= 11 is 0. The molecule has 0 spiro atoms. The third kappa shape index (κ3) is 6.20. The molecule has 3 aromatic rings. The Bertz CT molecular complexity index is 1250. The number of ether oxygens (including phenoxy) is 3. The standard InChI is InChI=1S/C27H30N4O5/c1-5-33-25(32)7-6-12-31-13-14-34-24-16-19(8-9-21(24)17-31)26-29-27(36-30-26)20-10-11-23(35-18(2)3)22(15-20)28-4/h8-11,15-16,18H,5-7,12-14,17H2,1-3H3. The van der Waals surface area contributed by atoms with Crippen LogP contribution in [-0.4, -0.2) is 53.4 Å². The van der Waals surface area contributed by atoms with Gasteiger partial charge in [-0.2, -0.15) is 4.98 Å². The molecular formula is C27H30N4O5. The van der Waals surface area contributed by atoms with Gasteiger partial charge in [-0.1, -0.05) is 17.3 Å². The van der Waals surface area contributed by atoms with E-state index in [0.717, 1.165) is 42.9 Å². The number of rotatable bonds is 9. The van der Waals surface area contributed by atoms with Gasteiger partial charge in [-0.25, -0.2) is 4.85 Å². The second-order valence-corrected chi connectivity index (χ2v) is 8.74. The maximum atomic E-state index is 11.6. The van der Waals surface area contributed by atoms with Crippen molar-refractivity contribution in [2.24, 2.45) is 0 Å². The van der Waals surface area contributed by atoms with E-state index in [2.05, 4.69) is 19.9 Å². The Balaban J connectivity index is 1.45. The average molecular weight is 491 g/mol. The van der Waals surface area contributed by atoms with E-state index in [1.165, 1.54) is 0 Å². The van der Waals surface area contributed by atoms with Gasteiger partial charge in [-0.3, -0.25) is 9.69 Å². The largest absolute Gasteiger partial charge is 0.502 e. The number of esters is 1. The third-order valence-electron chi connectivity index (χ3n) is 5.66. The number of carbonyl (C=O) groups excluding carboxylic acids is 1. The van der Waals surface area contributed by atoms with E-state index in [9.17, 15) is 4.79 Å². The Hall–Kier alpha value is -3.90. The predicted molar refractivity (Wildman–Crippen MR) is 134 cm³/mol. The molecule has 0 amide bonds. The molecular weight excluding hydrogens is 460 g/mol. The molecule has 9 heteroatoms. The summed E-state index contributed by atoms with van der Waals surface area (Å²) in [7, 11) is 0. The minimum atomic E-state index is -0.154. The summed E-state index contributed by atoms with van der Waals surface area (Å²) < 4.78 is 22.2. The first-order chi connectivity index (χ1) is 17.5. The Kier molecular flexibility index (Phi) is 8.18. The molecule has 0 fully saturated rings. The molecule has 1 aromatic heterocycles. The van der Waals surface area contributed by atoms with Crippen molar-refractivity contribution < 1.29 is 23.5 Å². The van der Waals surface area contributed by atoms with Crippen LogP contribution in [0.5, 0.6) is 11.5 Å². The molecule has 188 valence electrons. The highest BCUT2D eigenvalue weighted by Crippen LogP contribution is 2.34. The molecule has 0 saturated heterocycles. The van der Waals surface area contributed by atoms with Gasteiger partial charge in [0, 0.05) is 36.2 Å². The summed E-state index contributed by atoms with van der Waals surface area (Å²) in [6.45, 7) is 16.4. The maximum Gasteiger partial charge on any atom is 0.305 e. The number of benzene rings is 2. The molecule has 2 heterocycles. The lowest BCUT2D eigenvalue weighted by Crippen LogP contribution is -2.27. The maximum absolute atomic E-state index is 11.6. The highest BCUT2D eigenvalue weighted by molar-refractivity contribution is 5.70. The topological polar surface area (TPSA) is 91.3 Å². The molecule has 36 heavy (non-hydrogen) atoms. The Morgan fingerprint density at radius 2 is 2.06 bits per heavy atom. The zero-order valence-electron chi connectivity index (χ0n) is 20.8. The lowest BCUT2D eigenvalue weighted by atomic mass is 10.1. The fourth-order valence-electron chi connectivity index (χ4n) is 3.98. The SMILES string of the molecule is [C-]#[N+]c1cc(-c2nc(-c3ccc4c(c3)OCCN(CCCC(=O)OCC)C4)no2)ccc1OC(C)C. The van der Waals surface area contributed by atoms with Crippen LogP contribution in [0.4, 0.5) is 5.69 Å². The summed E-state index contributed by atoms with van der Waals surface area (Å²) in [6.07, 6.45) is 1.14. The number of hydrogen-bond donors (Lipinski definition) is 0. The quantitative estimate of drug-likeness (QED) is 0.296. The zero-order valence-corrected chi connectivity index (χ0v) is 20.8. The molecule has 0 unspecified atom stereocenters. The molecule has 1 aliphatic heterocycles. The van der Waals surface area contributed by atoms with Crippen molar-refractivity contribution in [3.63, 3.8) is 0 Å². The van der Waals surface area contributed by atoms with Crippen LogP contribution in [0.2, 0.25) is 0 Å². The van der Waals surface area contributed by atoms with Crippen LogP contribution >= 0.6 is 0 Å². The highest BCUT2D eigenvalue weighted by Gasteiger charge is 2.19. The van der Waals surface area contributed by atoms with Crippen LogP contribution in [0.25, 0.3) is 27.7 Å². The normalized spacial score (nSPS) is 13.4. The number of fused-ring (bicyclic) bond motifs is 1. The summed E-state index contributed by atoms with van der Waals surface area (Å²) in [4.78, 5) is 22.0. The van der Waals surface area contributed by atoms with Crippen molar-refractivity contribution in [3.8, 4) is 34.3 Å². The van der Waals surface area contributed by atoms with Crippen LogP contribution in [0.3, 0.4) is 0 Å². The van der Waals surface area contributed by atoms with Crippen LogP contribution in [0.15, 0.2) is 40.9 Å². The molecule has 0 saturated carbocycles. The van der Waals surface area contributed by atoms with Crippen molar-refractivity contribution in [2.75, 3.05) is 26.3 Å². The lowest BCUT2D eigenvalue weighted by molar-refractivity contribution is -0.143. The summed E-state index contributed by atoms with van der Waals surface area (Å²) in [6, 6.07) is 11.1. The van der Waals surface area contributed by atoms with Gasteiger partial charge in [0.05, 0.1) is 19.3 Å². The third-order valence-corrected chi connectivity index (χ3v) is 5.66. The minimum Gasteiger partial charge on any atom is -0.502 e. The minimum absolute atomic E-state index is 0.0292. The number of hydrogen-bond acceptors (Lipinski definition) is 8. The molecule has 0 bridgehead atoms. The van der Waals surface area contributed by atoms with Gasteiger partial charge in [0.15, 0.2) is 0 Å². The van der Waals surface area contributed by atoms with Gasteiger partial charge >= 0.3 is 5.97 Å². The molecule has 2 aromatic carbocycles. The predicted octanol–water partition coefficient (Wildman–Crippen LogP) is 5.28. The fourth-order valence-corrected chi connectivity index (χ4v) is 3.98. The molecule has 0 radical (unpaired) electrons. The molecule has 9 nitrogen and oxygen atoms in total. The van der Waals surface area contributed by atoms with E-state index in [1.54, 1.807) is 18.2 Å². The van der Waals surface area contributed by atoms with E-state index >= 15 is 0 Å². The van der Waals surface area contributed by atoms with Gasteiger partial charge in [0.25, 0.3) is 5.89 Å². The lowest BCUT2D eigenvalue weighted by Gasteiger charge is -2.18. The second kappa shape index (κ2) is 11.7. The average Bonchev–Trinajstić information content (AvgIpc) is 3.26. The van der Waals surface area contributed by atoms with Crippen molar-refractivity contribution in [1.29, 1.82) is 0 Å². The van der Waals surface area contributed by atoms with Crippen LogP contribution in [0.1, 0.15) is 39.2 Å². The van der Waals surface area contributed by atoms with E-state index in [4.69, 9.17) is 25.3 Å². The second-order valence-electron chi connectivity index (χ2n) is 8.74. The summed E-state index contributed by atoms with van der Waals surface area (Å²) in [5.41, 5.74) is 2.90. The Morgan fingerprint density at radius 1 is 1.22 bits per heavy atom. The monoisotopic (exact) mass is 490 g/mol. The Morgan fingerprint density at radius 3 is 2.83 bits per heavy atom. The van der Waals surface area contributed by atoms with Crippen molar-refractivity contribution in [1.82, 2.24) is 15.0 Å². The van der Waals surface area contributed by atoms with Gasteiger partial charge in [0.2, 0.25) is 11.5 Å². The number of aromatic nitrogens is 2. The fraction of sp³-hybridized carbons (Fsp3) is 0.407. The van der Waals surface area contributed by atoms with E-state index in [1.807, 2.05) is 39.0 Å². The first-order valence-corrected chi connectivity index (χ1v) is 12.1. The van der Waals surface area contributed by atoms with Gasteiger partial charge in [-0.05, 0) is 58.0 Å². The molecule has 4 rings (SSSR count). The zero-order chi connectivity index (χ0) is 25.5. The van der Waals surface area contributed by atoms with Crippen molar-refractivity contribution in [2.45, 2.75) is 46.3 Å².